The Bertz CT molecular complexity index is 1240. The number of rotatable bonds is 6. The topological polar surface area (TPSA) is 51.9 Å². The number of nitrogens with zero attached hydrogens (tertiary/aromatic N) is 2. The van der Waals surface area contributed by atoms with Crippen molar-refractivity contribution >= 4 is 16.6 Å². The zero-order chi connectivity index (χ0) is 20.9. The van der Waals surface area contributed by atoms with Gasteiger partial charge in [0.15, 0.2) is 0 Å². The van der Waals surface area contributed by atoms with Crippen LogP contribution < -0.4 is 0 Å². The van der Waals surface area contributed by atoms with Crippen molar-refractivity contribution in [2.75, 3.05) is 6.54 Å². The van der Waals surface area contributed by atoms with Crippen LogP contribution in [0.2, 0.25) is 0 Å². The summed E-state index contributed by atoms with van der Waals surface area (Å²) < 4.78 is 0. The molecule has 30 heavy (non-hydrogen) atoms. The highest BCUT2D eigenvalue weighted by Gasteiger charge is 2.05. The molecule has 148 valence electrons. The molecule has 0 saturated heterocycles. The molecule has 3 heteroatoms. The summed E-state index contributed by atoms with van der Waals surface area (Å²) in [5, 5.41) is 10.4. The van der Waals surface area contributed by atoms with E-state index in [4.69, 9.17) is 10.3 Å². The molecule has 3 nitrogen and oxygen atoms in total. The molecule has 4 aromatic rings. The molecule has 1 N–H and O–H groups in total. The van der Waals surface area contributed by atoms with Crippen LogP contribution >= 0.6 is 0 Å². The maximum atomic E-state index is 9.09. The van der Waals surface area contributed by atoms with E-state index in [0.717, 1.165) is 41.8 Å². The number of hydrogen-bond donors (Lipinski definition) is 1. The average molecular weight is 392 g/mol. The molecule has 3 aromatic carbocycles. The number of fused-ring (bicyclic) bond motifs is 1. The number of aromatic amines is 1. The Hall–Kier alpha value is -3.64. The van der Waals surface area contributed by atoms with E-state index in [1.54, 1.807) is 0 Å². The SMILES string of the molecule is CCc1ccc2[nH]cc(CCN=C(C)c3ccc(-c4cccc(C#N)c4)cc3)c2c1. The summed E-state index contributed by atoms with van der Waals surface area (Å²) in [4.78, 5) is 8.18. The van der Waals surface area contributed by atoms with E-state index in [-0.39, 0.29) is 0 Å². The molecule has 0 atom stereocenters. The van der Waals surface area contributed by atoms with Gasteiger partial charge in [-0.15, -0.1) is 0 Å². The highest BCUT2D eigenvalue weighted by molar-refractivity contribution is 5.99. The monoisotopic (exact) mass is 391 g/mol. The number of aliphatic imine (C=N–C) groups is 1. The van der Waals surface area contributed by atoms with Gasteiger partial charge in [0, 0.05) is 29.4 Å². The van der Waals surface area contributed by atoms with Crippen molar-refractivity contribution in [1.29, 1.82) is 5.26 Å². The number of aryl methyl sites for hydroxylation is 1. The summed E-state index contributed by atoms with van der Waals surface area (Å²) in [6.45, 7) is 5.02. The van der Waals surface area contributed by atoms with Gasteiger partial charge in [0.25, 0.3) is 0 Å². The molecule has 4 rings (SSSR count). The minimum Gasteiger partial charge on any atom is -0.361 e. The predicted molar refractivity (Wildman–Crippen MR) is 125 cm³/mol. The summed E-state index contributed by atoms with van der Waals surface area (Å²) in [6.07, 6.45) is 4.08. The molecule has 0 radical (unpaired) electrons. The molecule has 0 aliphatic heterocycles. The largest absolute Gasteiger partial charge is 0.361 e. The van der Waals surface area contributed by atoms with E-state index in [0.29, 0.717) is 5.56 Å². The zero-order valence-electron chi connectivity index (χ0n) is 17.4. The smallest absolute Gasteiger partial charge is 0.0991 e. The Morgan fingerprint density at radius 2 is 1.83 bits per heavy atom. The van der Waals surface area contributed by atoms with Crippen LogP contribution in [-0.4, -0.2) is 17.2 Å². The fraction of sp³-hybridized carbons (Fsp3) is 0.185. The van der Waals surface area contributed by atoms with Gasteiger partial charge in [-0.1, -0.05) is 49.4 Å². The van der Waals surface area contributed by atoms with Gasteiger partial charge in [0.1, 0.15) is 0 Å². The standard InChI is InChI=1S/C27H25N3/c1-3-20-7-12-27-26(16-20)25(18-30-27)13-14-29-19(2)22-8-10-23(11-9-22)24-6-4-5-21(15-24)17-28/h4-12,15-16,18,30H,3,13-14H2,1-2H3. The van der Waals surface area contributed by atoms with Crippen molar-refractivity contribution in [3.63, 3.8) is 0 Å². The zero-order valence-corrected chi connectivity index (χ0v) is 17.4. The molecule has 1 heterocycles. The van der Waals surface area contributed by atoms with E-state index in [1.807, 2.05) is 24.3 Å². The van der Waals surface area contributed by atoms with Crippen LogP contribution in [0.15, 0.2) is 77.9 Å². The van der Waals surface area contributed by atoms with E-state index in [9.17, 15) is 0 Å². The summed E-state index contributed by atoms with van der Waals surface area (Å²) in [7, 11) is 0. The van der Waals surface area contributed by atoms with E-state index >= 15 is 0 Å². The first-order valence-corrected chi connectivity index (χ1v) is 10.4. The van der Waals surface area contributed by atoms with E-state index in [2.05, 4.69) is 73.6 Å². The summed E-state index contributed by atoms with van der Waals surface area (Å²) in [5.41, 5.74) is 8.89. The first kappa shape index (κ1) is 19.7. The molecule has 0 fully saturated rings. The van der Waals surface area contributed by atoms with Gasteiger partial charge in [0.2, 0.25) is 0 Å². The van der Waals surface area contributed by atoms with E-state index < -0.39 is 0 Å². The second kappa shape index (κ2) is 8.80. The minimum atomic E-state index is 0.678. The van der Waals surface area contributed by atoms with Crippen LogP contribution in [0.5, 0.6) is 0 Å². The molecule has 0 saturated carbocycles. The fourth-order valence-electron chi connectivity index (χ4n) is 3.76. The number of nitrogens with one attached hydrogen (secondary N) is 1. The predicted octanol–water partition coefficient (Wildman–Crippen LogP) is 6.32. The third-order valence-corrected chi connectivity index (χ3v) is 5.60. The molecular formula is C27H25N3. The lowest BCUT2D eigenvalue weighted by Gasteiger charge is -2.06. The summed E-state index contributed by atoms with van der Waals surface area (Å²) in [5.74, 6) is 0. The van der Waals surface area contributed by atoms with Gasteiger partial charge in [0.05, 0.1) is 11.6 Å². The third kappa shape index (κ3) is 4.18. The molecule has 1 aromatic heterocycles. The Balaban J connectivity index is 1.45. The van der Waals surface area contributed by atoms with Gasteiger partial charge in [-0.3, -0.25) is 4.99 Å². The Labute approximate surface area is 177 Å². The van der Waals surface area contributed by atoms with Crippen molar-refractivity contribution in [3.05, 3.63) is 95.2 Å². The van der Waals surface area contributed by atoms with Gasteiger partial charge in [-0.2, -0.15) is 5.26 Å². The van der Waals surface area contributed by atoms with Gasteiger partial charge in [-0.05, 0) is 71.8 Å². The quantitative estimate of drug-likeness (QED) is 0.384. The van der Waals surface area contributed by atoms with Crippen molar-refractivity contribution in [2.24, 2.45) is 4.99 Å². The molecule has 0 bridgehead atoms. The minimum absolute atomic E-state index is 0.678. The Kier molecular flexibility index (Phi) is 5.77. The van der Waals surface area contributed by atoms with Gasteiger partial charge < -0.3 is 4.98 Å². The van der Waals surface area contributed by atoms with Crippen molar-refractivity contribution in [2.45, 2.75) is 26.7 Å². The van der Waals surface area contributed by atoms with Crippen LogP contribution in [0.25, 0.3) is 22.0 Å². The molecule has 0 amide bonds. The second-order valence-electron chi connectivity index (χ2n) is 7.53. The summed E-state index contributed by atoms with van der Waals surface area (Å²) in [6, 6.07) is 24.9. The Morgan fingerprint density at radius 1 is 1.00 bits per heavy atom. The van der Waals surface area contributed by atoms with Crippen LogP contribution in [-0.2, 0) is 12.8 Å². The molecule has 0 aliphatic carbocycles. The van der Waals surface area contributed by atoms with Crippen LogP contribution in [0.3, 0.4) is 0 Å². The summed E-state index contributed by atoms with van der Waals surface area (Å²) >= 11 is 0. The van der Waals surface area contributed by atoms with Gasteiger partial charge >= 0.3 is 0 Å². The number of nitriles is 1. The lowest BCUT2D eigenvalue weighted by Crippen LogP contribution is -1.98. The van der Waals surface area contributed by atoms with E-state index in [1.165, 1.54) is 22.0 Å². The lowest BCUT2D eigenvalue weighted by atomic mass is 10.0. The van der Waals surface area contributed by atoms with Crippen LogP contribution in [0.4, 0.5) is 0 Å². The molecule has 0 unspecified atom stereocenters. The number of H-pyrrole nitrogens is 1. The van der Waals surface area contributed by atoms with Crippen LogP contribution in [0, 0.1) is 11.3 Å². The van der Waals surface area contributed by atoms with Crippen molar-refractivity contribution in [3.8, 4) is 17.2 Å². The molecule has 0 aliphatic rings. The lowest BCUT2D eigenvalue weighted by molar-refractivity contribution is 0.974. The second-order valence-corrected chi connectivity index (χ2v) is 7.53. The Morgan fingerprint density at radius 3 is 2.60 bits per heavy atom. The fourth-order valence-corrected chi connectivity index (χ4v) is 3.76. The van der Waals surface area contributed by atoms with Crippen LogP contribution in [0.1, 0.15) is 36.1 Å². The molecular weight excluding hydrogens is 366 g/mol. The van der Waals surface area contributed by atoms with Gasteiger partial charge in [-0.25, -0.2) is 0 Å². The average Bonchev–Trinajstić information content (AvgIpc) is 3.21. The highest BCUT2D eigenvalue weighted by Crippen LogP contribution is 2.22. The van der Waals surface area contributed by atoms with Crippen molar-refractivity contribution < 1.29 is 0 Å². The first-order chi connectivity index (χ1) is 14.7. The highest BCUT2D eigenvalue weighted by atomic mass is 14.7. The normalized spacial score (nSPS) is 11.6. The maximum Gasteiger partial charge on any atom is 0.0991 e. The molecule has 0 spiro atoms. The van der Waals surface area contributed by atoms with Crippen molar-refractivity contribution in [1.82, 2.24) is 4.98 Å². The first-order valence-electron chi connectivity index (χ1n) is 10.4. The maximum absolute atomic E-state index is 9.09. The number of aromatic nitrogens is 1. The number of benzene rings is 3. The third-order valence-electron chi connectivity index (χ3n) is 5.60. The number of hydrogen-bond acceptors (Lipinski definition) is 2.